The number of pyridine rings is 1. The molecule has 8 nitrogen and oxygen atoms in total. The number of aromatic nitrogens is 4. The van der Waals surface area contributed by atoms with Gasteiger partial charge >= 0.3 is 6.09 Å². The maximum absolute atomic E-state index is 11.9. The summed E-state index contributed by atoms with van der Waals surface area (Å²) in [5.41, 5.74) is 1.63. The lowest BCUT2D eigenvalue weighted by Crippen LogP contribution is -2.27. The normalized spacial score (nSPS) is 11.5. The monoisotopic (exact) mass is 386 g/mol. The van der Waals surface area contributed by atoms with Crippen molar-refractivity contribution in [1.82, 2.24) is 19.7 Å². The molecule has 0 aliphatic rings. The Morgan fingerprint density at radius 2 is 1.86 bits per heavy atom. The Hall–Kier alpha value is -3.16. The predicted molar refractivity (Wildman–Crippen MR) is 106 cm³/mol. The van der Waals surface area contributed by atoms with Crippen molar-refractivity contribution in [2.24, 2.45) is 0 Å². The Kier molecular flexibility index (Phi) is 6.23. The highest BCUT2D eigenvalue weighted by molar-refractivity contribution is 5.82. The van der Waals surface area contributed by atoms with Crippen LogP contribution in [0.2, 0.25) is 0 Å². The molecule has 0 saturated heterocycles. The van der Waals surface area contributed by atoms with E-state index in [0.29, 0.717) is 6.47 Å². The standard InChI is InChI=1S/C15H16N4O2.C5H10O2/c1-15(2,3)21-14(20)19-9-11(8-18-19)13-6-12-10(7-17-13)4-5-16-12;1-5(2,3)7-4-6/h4-9,16H,1-3H3;4H,1-3H3. The van der Waals surface area contributed by atoms with Gasteiger partial charge in [0.1, 0.15) is 11.2 Å². The van der Waals surface area contributed by atoms with Crippen LogP contribution < -0.4 is 0 Å². The topological polar surface area (TPSA) is 99.1 Å². The molecule has 3 aromatic heterocycles. The SMILES string of the molecule is CC(C)(C)OC(=O)n1cc(-c2cc3[nH]ccc3cn2)cn1.CC(C)(C)OC=O. The number of rotatable bonds is 2. The second-order valence-electron chi connectivity index (χ2n) is 8.11. The number of H-pyrrole nitrogens is 1. The molecule has 150 valence electrons. The van der Waals surface area contributed by atoms with Gasteiger partial charge in [-0.15, -0.1) is 0 Å². The molecule has 0 amide bonds. The Labute approximate surface area is 163 Å². The van der Waals surface area contributed by atoms with Crippen molar-refractivity contribution in [3.8, 4) is 11.3 Å². The van der Waals surface area contributed by atoms with Crippen LogP contribution in [0, 0.1) is 0 Å². The number of aromatic amines is 1. The van der Waals surface area contributed by atoms with E-state index < -0.39 is 11.7 Å². The van der Waals surface area contributed by atoms with Gasteiger partial charge in [0.25, 0.3) is 6.47 Å². The molecule has 0 bridgehead atoms. The van der Waals surface area contributed by atoms with Crippen LogP contribution in [-0.2, 0) is 14.3 Å². The molecule has 3 rings (SSSR count). The minimum atomic E-state index is -0.551. The number of fused-ring (bicyclic) bond motifs is 1. The van der Waals surface area contributed by atoms with Gasteiger partial charge in [-0.3, -0.25) is 9.78 Å². The fourth-order valence-electron chi connectivity index (χ4n) is 2.11. The zero-order valence-electron chi connectivity index (χ0n) is 17.0. The summed E-state index contributed by atoms with van der Waals surface area (Å²) < 4.78 is 11.0. The van der Waals surface area contributed by atoms with E-state index in [0.717, 1.165) is 22.2 Å². The van der Waals surface area contributed by atoms with Crippen LogP contribution in [-0.4, -0.2) is 43.5 Å². The van der Waals surface area contributed by atoms with E-state index in [4.69, 9.17) is 4.74 Å². The van der Waals surface area contributed by atoms with Crippen molar-refractivity contribution in [3.63, 3.8) is 0 Å². The molecule has 1 N–H and O–H groups in total. The van der Waals surface area contributed by atoms with Crippen molar-refractivity contribution in [1.29, 1.82) is 0 Å². The fraction of sp³-hybridized carbons (Fsp3) is 0.400. The summed E-state index contributed by atoms with van der Waals surface area (Å²) in [6.45, 7) is 11.4. The first kappa shape index (κ1) is 21.1. The quantitative estimate of drug-likeness (QED) is 0.664. The van der Waals surface area contributed by atoms with Crippen LogP contribution in [0.4, 0.5) is 4.79 Å². The molecule has 0 unspecified atom stereocenters. The average molecular weight is 386 g/mol. The van der Waals surface area contributed by atoms with E-state index in [1.165, 1.54) is 4.68 Å². The Morgan fingerprint density at radius 1 is 1.14 bits per heavy atom. The number of hydrogen-bond acceptors (Lipinski definition) is 6. The molecular formula is C20H26N4O4. The van der Waals surface area contributed by atoms with Crippen LogP contribution in [0.3, 0.4) is 0 Å². The van der Waals surface area contributed by atoms with Crippen molar-refractivity contribution in [2.45, 2.75) is 52.7 Å². The summed E-state index contributed by atoms with van der Waals surface area (Å²) in [6.07, 6.45) is 6.35. The van der Waals surface area contributed by atoms with Gasteiger partial charge in [-0.25, -0.2) is 4.79 Å². The first-order chi connectivity index (χ1) is 13.0. The molecule has 0 aliphatic carbocycles. The van der Waals surface area contributed by atoms with Crippen LogP contribution >= 0.6 is 0 Å². The van der Waals surface area contributed by atoms with E-state index in [9.17, 15) is 9.59 Å². The number of nitrogens with one attached hydrogen (secondary N) is 1. The summed E-state index contributed by atoms with van der Waals surface area (Å²) in [4.78, 5) is 29.0. The van der Waals surface area contributed by atoms with Gasteiger partial charge in [-0.2, -0.15) is 9.78 Å². The van der Waals surface area contributed by atoms with Crippen molar-refractivity contribution in [3.05, 3.63) is 36.9 Å². The third kappa shape index (κ3) is 6.22. The maximum atomic E-state index is 11.9. The van der Waals surface area contributed by atoms with Crippen LogP contribution in [0.5, 0.6) is 0 Å². The molecule has 3 heterocycles. The van der Waals surface area contributed by atoms with Crippen LogP contribution in [0.25, 0.3) is 22.2 Å². The number of ether oxygens (including phenoxy) is 2. The molecule has 0 saturated carbocycles. The van der Waals surface area contributed by atoms with Gasteiger partial charge in [0.15, 0.2) is 0 Å². The average Bonchev–Trinajstić information content (AvgIpc) is 3.21. The lowest BCUT2D eigenvalue weighted by molar-refractivity contribution is -0.138. The predicted octanol–water partition coefficient (Wildman–Crippen LogP) is 4.17. The largest absolute Gasteiger partial charge is 0.462 e. The van der Waals surface area contributed by atoms with E-state index >= 15 is 0 Å². The minimum Gasteiger partial charge on any atom is -0.462 e. The van der Waals surface area contributed by atoms with Crippen molar-refractivity contribution >= 4 is 23.5 Å². The van der Waals surface area contributed by atoms with Crippen molar-refractivity contribution < 1.29 is 19.1 Å². The van der Waals surface area contributed by atoms with E-state index in [1.54, 1.807) is 18.6 Å². The van der Waals surface area contributed by atoms with Gasteiger partial charge < -0.3 is 14.5 Å². The molecule has 0 atom stereocenters. The van der Waals surface area contributed by atoms with Gasteiger partial charge in [-0.05, 0) is 53.7 Å². The zero-order valence-corrected chi connectivity index (χ0v) is 17.0. The van der Waals surface area contributed by atoms with Gasteiger partial charge in [0, 0.05) is 35.1 Å². The zero-order chi connectivity index (χ0) is 20.9. The van der Waals surface area contributed by atoms with Crippen LogP contribution in [0.1, 0.15) is 41.5 Å². The third-order valence-electron chi connectivity index (χ3n) is 3.30. The Bertz CT molecular complexity index is 945. The van der Waals surface area contributed by atoms with Gasteiger partial charge in [0.2, 0.25) is 0 Å². The number of hydrogen-bond donors (Lipinski definition) is 1. The minimum absolute atomic E-state index is 0.318. The lowest BCUT2D eigenvalue weighted by Gasteiger charge is -2.18. The number of carbonyl (C=O) groups is 2. The van der Waals surface area contributed by atoms with E-state index in [2.05, 4.69) is 19.8 Å². The lowest BCUT2D eigenvalue weighted by atomic mass is 10.2. The molecule has 28 heavy (non-hydrogen) atoms. The molecule has 0 aliphatic heterocycles. The van der Waals surface area contributed by atoms with Gasteiger partial charge in [0.05, 0.1) is 11.9 Å². The Balaban J connectivity index is 0.000000345. The summed E-state index contributed by atoms with van der Waals surface area (Å²) in [5.74, 6) is 0. The second kappa shape index (κ2) is 8.24. The second-order valence-corrected chi connectivity index (χ2v) is 8.11. The number of nitrogens with zero attached hydrogens (tertiary/aromatic N) is 3. The molecule has 3 aromatic rings. The Morgan fingerprint density at radius 3 is 2.43 bits per heavy atom. The van der Waals surface area contributed by atoms with Crippen molar-refractivity contribution in [2.75, 3.05) is 0 Å². The van der Waals surface area contributed by atoms with Gasteiger partial charge in [-0.1, -0.05) is 0 Å². The maximum Gasteiger partial charge on any atom is 0.435 e. The summed E-state index contributed by atoms with van der Waals surface area (Å²) in [6, 6.07) is 3.88. The van der Waals surface area contributed by atoms with E-state index in [1.807, 2.05) is 59.9 Å². The molecule has 0 spiro atoms. The highest BCUT2D eigenvalue weighted by Gasteiger charge is 2.19. The smallest absolute Gasteiger partial charge is 0.435 e. The highest BCUT2D eigenvalue weighted by Crippen LogP contribution is 2.21. The number of carbonyl (C=O) groups excluding carboxylic acids is 2. The molecule has 8 heteroatoms. The van der Waals surface area contributed by atoms with E-state index in [-0.39, 0.29) is 5.60 Å². The molecule has 0 aromatic carbocycles. The summed E-state index contributed by atoms with van der Waals surface area (Å²) in [7, 11) is 0. The highest BCUT2D eigenvalue weighted by atomic mass is 16.6. The summed E-state index contributed by atoms with van der Waals surface area (Å²) >= 11 is 0. The molecule has 0 radical (unpaired) electrons. The fourth-order valence-corrected chi connectivity index (χ4v) is 2.11. The van der Waals surface area contributed by atoms with Crippen LogP contribution in [0.15, 0.2) is 36.9 Å². The first-order valence-corrected chi connectivity index (χ1v) is 8.81. The summed E-state index contributed by atoms with van der Waals surface area (Å²) in [5, 5.41) is 5.08. The first-order valence-electron chi connectivity index (χ1n) is 8.81. The molecular weight excluding hydrogens is 360 g/mol. The molecule has 0 fully saturated rings. The third-order valence-corrected chi connectivity index (χ3v) is 3.30.